The average Bonchev–Trinajstić information content (AvgIpc) is 2.95. The first-order chi connectivity index (χ1) is 13.9. The van der Waals surface area contributed by atoms with Crippen molar-refractivity contribution < 1.29 is 14.3 Å². The van der Waals surface area contributed by atoms with E-state index in [1.807, 2.05) is 0 Å². The Morgan fingerprint density at radius 3 is 2.59 bits per heavy atom. The van der Waals surface area contributed by atoms with Gasteiger partial charge in [0.25, 0.3) is 5.91 Å². The van der Waals surface area contributed by atoms with E-state index in [4.69, 9.17) is 15.5 Å². The molecule has 7 heteroatoms. The number of carbonyl (C=O) groups is 2. The number of ether oxygens (including phenoxy) is 1. The van der Waals surface area contributed by atoms with E-state index < -0.39 is 5.54 Å². The van der Waals surface area contributed by atoms with E-state index in [1.54, 1.807) is 7.05 Å². The molecule has 164 valence electrons. The highest BCUT2D eigenvalue weighted by Crippen LogP contribution is 2.40. The molecule has 2 fully saturated rings. The van der Waals surface area contributed by atoms with Crippen LogP contribution in [0.4, 0.5) is 0 Å². The van der Waals surface area contributed by atoms with Crippen LogP contribution in [-0.2, 0) is 14.3 Å². The van der Waals surface area contributed by atoms with Gasteiger partial charge >= 0.3 is 5.97 Å². The highest BCUT2D eigenvalue weighted by molar-refractivity contribution is 6.06. The van der Waals surface area contributed by atoms with Crippen LogP contribution < -0.4 is 11.1 Å². The van der Waals surface area contributed by atoms with Gasteiger partial charge in [-0.3, -0.25) is 14.5 Å². The molecule has 0 unspecified atom stereocenters. The highest BCUT2D eigenvalue weighted by Gasteiger charge is 2.47. The number of guanidine groups is 1. The predicted octanol–water partition coefficient (Wildman–Crippen LogP) is 2.58. The lowest BCUT2D eigenvalue weighted by molar-refractivity contribution is -0.139. The molecule has 2 saturated carbocycles. The third-order valence-corrected chi connectivity index (χ3v) is 7.24. The number of rotatable bonds is 8. The van der Waals surface area contributed by atoms with Gasteiger partial charge in [0.15, 0.2) is 5.96 Å². The first-order valence-electron chi connectivity index (χ1n) is 11.4. The largest absolute Gasteiger partial charge is 0.468 e. The number of nitrogens with two attached hydrogens (primary N) is 1. The van der Waals surface area contributed by atoms with Crippen LogP contribution in [0.3, 0.4) is 0 Å². The number of amides is 1. The van der Waals surface area contributed by atoms with Crippen LogP contribution in [0, 0.1) is 11.8 Å². The Bertz CT molecular complexity index is 617. The minimum atomic E-state index is -0.689. The lowest BCUT2D eigenvalue weighted by Crippen LogP contribution is -2.45. The van der Waals surface area contributed by atoms with E-state index in [2.05, 4.69) is 5.32 Å². The Morgan fingerprint density at radius 1 is 1.21 bits per heavy atom. The van der Waals surface area contributed by atoms with Crippen LogP contribution >= 0.6 is 0 Å². The molecule has 2 aliphatic carbocycles. The van der Waals surface area contributed by atoms with E-state index in [9.17, 15) is 9.59 Å². The second-order valence-electron chi connectivity index (χ2n) is 9.30. The molecule has 7 nitrogen and oxygen atoms in total. The van der Waals surface area contributed by atoms with Gasteiger partial charge in [-0.05, 0) is 43.9 Å². The second kappa shape index (κ2) is 9.92. The van der Waals surface area contributed by atoms with Crippen molar-refractivity contribution in [2.75, 3.05) is 20.7 Å². The van der Waals surface area contributed by atoms with Crippen molar-refractivity contribution in [1.29, 1.82) is 0 Å². The van der Waals surface area contributed by atoms with E-state index in [-0.39, 0.29) is 18.4 Å². The number of likely N-dealkylation sites (N-methyl/N-ethyl adjacent to an activating group) is 1. The van der Waals surface area contributed by atoms with Gasteiger partial charge in [0, 0.05) is 13.1 Å². The number of esters is 1. The van der Waals surface area contributed by atoms with Crippen LogP contribution in [0.25, 0.3) is 0 Å². The number of nitrogens with zero attached hydrogens (tertiary/aromatic N) is 2. The molecule has 0 bridgehead atoms. The van der Waals surface area contributed by atoms with Gasteiger partial charge in [0.2, 0.25) is 0 Å². The fraction of sp³-hybridized carbons (Fsp3) is 0.864. The molecule has 0 radical (unpaired) electrons. The van der Waals surface area contributed by atoms with Gasteiger partial charge in [-0.15, -0.1) is 0 Å². The fourth-order valence-electron chi connectivity index (χ4n) is 5.51. The van der Waals surface area contributed by atoms with Gasteiger partial charge in [0.05, 0.1) is 13.7 Å². The molecule has 0 aromatic carbocycles. The number of nitrogens with one attached hydrogen (secondary N) is 1. The van der Waals surface area contributed by atoms with Crippen molar-refractivity contribution in [3.8, 4) is 0 Å². The molecule has 1 heterocycles. The normalized spacial score (nSPS) is 31.0. The third kappa shape index (κ3) is 5.50. The van der Waals surface area contributed by atoms with Crippen molar-refractivity contribution in [2.45, 2.75) is 88.6 Å². The zero-order chi connectivity index (χ0) is 20.9. The lowest BCUT2D eigenvalue weighted by Gasteiger charge is -2.35. The number of aliphatic imine (C=N–C) groups is 1. The lowest BCUT2D eigenvalue weighted by atomic mass is 9.74. The second-order valence-corrected chi connectivity index (χ2v) is 9.30. The maximum absolute atomic E-state index is 13.2. The molecule has 3 aliphatic rings. The number of hydrogen-bond donors (Lipinski definition) is 2. The molecule has 0 saturated heterocycles. The minimum absolute atomic E-state index is 0.0652. The SMILES string of the molecule is COC(=O)CN[C@@H]1CCC[C@@H](C[C@@]2(CCC3CCCCC3)N=C(N)N(C)C2=O)C1. The smallest absolute Gasteiger partial charge is 0.319 e. The summed E-state index contributed by atoms with van der Waals surface area (Å²) in [5.41, 5.74) is 5.38. The molecule has 0 spiro atoms. The summed E-state index contributed by atoms with van der Waals surface area (Å²) in [5.74, 6) is 1.32. The highest BCUT2D eigenvalue weighted by atomic mass is 16.5. The number of methoxy groups -OCH3 is 1. The van der Waals surface area contributed by atoms with E-state index >= 15 is 0 Å². The Morgan fingerprint density at radius 2 is 1.93 bits per heavy atom. The maximum Gasteiger partial charge on any atom is 0.319 e. The number of hydrogen-bond acceptors (Lipinski definition) is 6. The summed E-state index contributed by atoms with van der Waals surface area (Å²) in [6, 6.07) is 0.291. The van der Waals surface area contributed by atoms with E-state index in [0.29, 0.717) is 17.9 Å². The van der Waals surface area contributed by atoms with Crippen LogP contribution in [0.1, 0.15) is 77.0 Å². The van der Waals surface area contributed by atoms with Gasteiger partial charge in [-0.1, -0.05) is 44.9 Å². The van der Waals surface area contributed by atoms with Gasteiger partial charge in [-0.25, -0.2) is 4.99 Å². The van der Waals surface area contributed by atoms with Gasteiger partial charge in [-0.2, -0.15) is 0 Å². The summed E-state index contributed by atoms with van der Waals surface area (Å²) in [6.45, 7) is 0.244. The summed E-state index contributed by atoms with van der Waals surface area (Å²) in [5, 5.41) is 3.32. The Labute approximate surface area is 174 Å². The van der Waals surface area contributed by atoms with Crippen molar-refractivity contribution >= 4 is 17.8 Å². The molecule has 0 aromatic rings. The first kappa shape index (κ1) is 22.1. The monoisotopic (exact) mass is 406 g/mol. The van der Waals surface area contributed by atoms with Crippen molar-refractivity contribution in [1.82, 2.24) is 10.2 Å². The first-order valence-corrected chi connectivity index (χ1v) is 11.4. The zero-order valence-electron chi connectivity index (χ0n) is 18.1. The summed E-state index contributed by atoms with van der Waals surface area (Å²) < 4.78 is 4.74. The molecule has 1 amide bonds. The molecule has 29 heavy (non-hydrogen) atoms. The Balaban J connectivity index is 1.63. The number of carbonyl (C=O) groups excluding carboxylic acids is 2. The van der Waals surface area contributed by atoms with Crippen molar-refractivity contribution in [3.63, 3.8) is 0 Å². The van der Waals surface area contributed by atoms with Crippen molar-refractivity contribution in [2.24, 2.45) is 22.6 Å². The van der Waals surface area contributed by atoms with Crippen LogP contribution in [0.15, 0.2) is 4.99 Å². The standard InChI is InChI=1S/C22H38N4O3/c1-26-20(28)22(25-21(26)23,12-11-16-7-4-3-5-8-16)14-17-9-6-10-18(13-17)24-15-19(27)29-2/h16-18,24H,3-15H2,1-2H3,(H2,23,25)/t17-,18-,22-/m1/s1. The molecular weight excluding hydrogens is 368 g/mol. The van der Waals surface area contributed by atoms with Crippen molar-refractivity contribution in [3.05, 3.63) is 0 Å². The van der Waals surface area contributed by atoms with E-state index in [1.165, 1.54) is 44.1 Å². The Hall–Kier alpha value is -1.63. The van der Waals surface area contributed by atoms with Crippen LogP contribution in [-0.4, -0.2) is 55.0 Å². The Kier molecular flexibility index (Phi) is 7.55. The average molecular weight is 407 g/mol. The predicted molar refractivity (Wildman–Crippen MR) is 113 cm³/mol. The fourth-order valence-corrected chi connectivity index (χ4v) is 5.51. The summed E-state index contributed by atoms with van der Waals surface area (Å²) in [7, 11) is 3.15. The van der Waals surface area contributed by atoms with Gasteiger partial charge in [0.1, 0.15) is 5.54 Å². The minimum Gasteiger partial charge on any atom is -0.468 e. The summed E-state index contributed by atoms with van der Waals surface area (Å²) in [6.07, 6.45) is 13.4. The maximum atomic E-state index is 13.2. The molecule has 0 aromatic heterocycles. The third-order valence-electron chi connectivity index (χ3n) is 7.24. The molecule has 3 rings (SSSR count). The molecule has 3 N–H and O–H groups in total. The molecule has 1 aliphatic heterocycles. The zero-order valence-corrected chi connectivity index (χ0v) is 18.1. The van der Waals surface area contributed by atoms with E-state index in [0.717, 1.165) is 50.9 Å². The summed E-state index contributed by atoms with van der Waals surface area (Å²) >= 11 is 0. The topological polar surface area (TPSA) is 97.0 Å². The van der Waals surface area contributed by atoms with Crippen LogP contribution in [0.5, 0.6) is 0 Å². The van der Waals surface area contributed by atoms with Crippen LogP contribution in [0.2, 0.25) is 0 Å². The quantitative estimate of drug-likeness (QED) is 0.604. The molecular formula is C22H38N4O3. The summed E-state index contributed by atoms with van der Waals surface area (Å²) in [4.78, 5) is 30.9. The molecule has 3 atom stereocenters. The van der Waals surface area contributed by atoms with Gasteiger partial charge < -0.3 is 15.8 Å².